The highest BCUT2D eigenvalue weighted by atomic mass is 16.5. The number of unbranched alkanes of at least 4 members (excludes halogenated alkanes) is 1. The molecule has 1 amide bonds. The predicted octanol–water partition coefficient (Wildman–Crippen LogP) is 1.18. The molecule has 15 heavy (non-hydrogen) atoms. The topological polar surface area (TPSA) is 56.8 Å². The second-order valence-electron chi connectivity index (χ2n) is 2.96. The van der Waals surface area contributed by atoms with Crippen molar-refractivity contribution in [2.75, 3.05) is 40.1 Å². The van der Waals surface area contributed by atoms with Crippen LogP contribution in [-0.4, -0.2) is 46.2 Å². The third-order valence-electron chi connectivity index (χ3n) is 1.69. The molecule has 0 aromatic carbocycles. The number of hydrogen-bond acceptors (Lipinski definition) is 4. The first kappa shape index (κ1) is 14.2. The number of methoxy groups -OCH3 is 1. The van der Waals surface area contributed by atoms with Crippen molar-refractivity contribution in [3.63, 3.8) is 0 Å². The van der Waals surface area contributed by atoms with Crippen molar-refractivity contribution in [1.82, 2.24) is 5.32 Å². The Bertz CT molecular complexity index is 152. The summed E-state index contributed by atoms with van der Waals surface area (Å²) in [5.74, 6) is 0. The van der Waals surface area contributed by atoms with Crippen LogP contribution >= 0.6 is 0 Å². The lowest BCUT2D eigenvalue weighted by molar-refractivity contribution is 0.0687. The number of rotatable bonds is 9. The number of ether oxygens (including phenoxy) is 3. The summed E-state index contributed by atoms with van der Waals surface area (Å²) in [6.07, 6.45) is 1.47. The Morgan fingerprint density at radius 3 is 2.67 bits per heavy atom. The number of carbonyl (C=O) groups is 1. The van der Waals surface area contributed by atoms with Crippen LogP contribution in [0.3, 0.4) is 0 Å². The minimum Gasteiger partial charge on any atom is -0.450 e. The molecule has 0 aliphatic heterocycles. The molecule has 0 fully saturated rings. The molecule has 0 aliphatic carbocycles. The van der Waals surface area contributed by atoms with Crippen molar-refractivity contribution in [1.29, 1.82) is 0 Å². The summed E-state index contributed by atoms with van der Waals surface area (Å²) >= 11 is 0. The van der Waals surface area contributed by atoms with Gasteiger partial charge in [0.1, 0.15) is 0 Å². The summed E-state index contributed by atoms with van der Waals surface area (Å²) in [4.78, 5) is 10.8. The van der Waals surface area contributed by atoms with E-state index in [-0.39, 0.29) is 6.09 Å². The van der Waals surface area contributed by atoms with E-state index in [2.05, 4.69) is 5.32 Å². The summed E-state index contributed by atoms with van der Waals surface area (Å²) in [5, 5.41) is 2.64. The van der Waals surface area contributed by atoms with Crippen LogP contribution in [0.5, 0.6) is 0 Å². The van der Waals surface area contributed by atoms with E-state index in [0.717, 1.165) is 12.8 Å². The maximum absolute atomic E-state index is 10.8. The van der Waals surface area contributed by atoms with E-state index in [9.17, 15) is 4.79 Å². The normalized spacial score (nSPS) is 10.0. The minimum atomic E-state index is -0.349. The van der Waals surface area contributed by atoms with Crippen molar-refractivity contribution < 1.29 is 19.0 Å². The highest BCUT2D eigenvalue weighted by Crippen LogP contribution is 1.89. The first-order valence-corrected chi connectivity index (χ1v) is 5.28. The van der Waals surface area contributed by atoms with Gasteiger partial charge in [-0.3, -0.25) is 0 Å². The lowest BCUT2D eigenvalue weighted by Crippen LogP contribution is -2.25. The lowest BCUT2D eigenvalue weighted by Gasteiger charge is -2.05. The maximum Gasteiger partial charge on any atom is 0.407 e. The van der Waals surface area contributed by atoms with Gasteiger partial charge in [-0.1, -0.05) is 0 Å². The van der Waals surface area contributed by atoms with Gasteiger partial charge in [0.25, 0.3) is 0 Å². The van der Waals surface area contributed by atoms with Gasteiger partial charge in [-0.15, -0.1) is 0 Å². The Kier molecular flexibility index (Phi) is 10.7. The van der Waals surface area contributed by atoms with Crippen LogP contribution in [0.15, 0.2) is 0 Å². The third-order valence-corrected chi connectivity index (χ3v) is 1.69. The largest absolute Gasteiger partial charge is 0.450 e. The average molecular weight is 219 g/mol. The van der Waals surface area contributed by atoms with Gasteiger partial charge >= 0.3 is 6.09 Å². The molecular weight excluding hydrogens is 198 g/mol. The maximum atomic E-state index is 10.8. The molecule has 90 valence electrons. The van der Waals surface area contributed by atoms with Crippen molar-refractivity contribution >= 4 is 6.09 Å². The van der Waals surface area contributed by atoms with Gasteiger partial charge in [-0.2, -0.15) is 0 Å². The molecular formula is C10H21NO4. The number of hydrogen-bond donors (Lipinski definition) is 1. The Labute approximate surface area is 91.1 Å². The van der Waals surface area contributed by atoms with E-state index in [4.69, 9.17) is 14.2 Å². The molecule has 0 bridgehead atoms. The SMILES string of the molecule is CCOC(=O)NCCCCOCCOC. The van der Waals surface area contributed by atoms with Gasteiger partial charge in [-0.05, 0) is 19.8 Å². The van der Waals surface area contributed by atoms with E-state index in [1.165, 1.54) is 0 Å². The smallest absolute Gasteiger partial charge is 0.407 e. The highest BCUT2D eigenvalue weighted by molar-refractivity contribution is 5.66. The summed E-state index contributed by atoms with van der Waals surface area (Å²) in [6, 6.07) is 0. The van der Waals surface area contributed by atoms with Crippen LogP contribution in [-0.2, 0) is 14.2 Å². The van der Waals surface area contributed by atoms with Crippen molar-refractivity contribution in [2.24, 2.45) is 0 Å². The molecule has 0 heterocycles. The second-order valence-corrected chi connectivity index (χ2v) is 2.96. The Morgan fingerprint density at radius 2 is 2.00 bits per heavy atom. The Morgan fingerprint density at radius 1 is 1.20 bits per heavy atom. The molecule has 5 heteroatoms. The van der Waals surface area contributed by atoms with E-state index in [0.29, 0.717) is 33.0 Å². The Balaban J connectivity index is 3.01. The van der Waals surface area contributed by atoms with Gasteiger partial charge in [0.2, 0.25) is 0 Å². The van der Waals surface area contributed by atoms with Crippen LogP contribution in [0.4, 0.5) is 4.79 Å². The number of nitrogens with one attached hydrogen (secondary N) is 1. The van der Waals surface area contributed by atoms with Crippen LogP contribution in [0.2, 0.25) is 0 Å². The molecule has 0 unspecified atom stereocenters. The zero-order valence-corrected chi connectivity index (χ0v) is 9.58. The van der Waals surface area contributed by atoms with Gasteiger partial charge in [-0.25, -0.2) is 4.79 Å². The number of alkyl carbamates (subject to hydrolysis) is 1. The second kappa shape index (κ2) is 11.3. The standard InChI is InChI=1S/C10H21NO4/c1-3-15-10(12)11-6-4-5-7-14-9-8-13-2/h3-9H2,1-2H3,(H,11,12). The molecule has 0 aliphatic rings. The molecule has 0 rings (SSSR count). The summed E-state index contributed by atoms with van der Waals surface area (Å²) in [5.41, 5.74) is 0. The summed E-state index contributed by atoms with van der Waals surface area (Å²) in [6.45, 7) is 4.78. The van der Waals surface area contributed by atoms with Crippen molar-refractivity contribution in [2.45, 2.75) is 19.8 Å². The number of carbonyl (C=O) groups excluding carboxylic acids is 1. The van der Waals surface area contributed by atoms with Crippen LogP contribution in [0.1, 0.15) is 19.8 Å². The number of amides is 1. The molecule has 0 aromatic heterocycles. The fourth-order valence-electron chi connectivity index (χ4n) is 0.946. The van der Waals surface area contributed by atoms with Crippen LogP contribution < -0.4 is 5.32 Å². The van der Waals surface area contributed by atoms with Crippen LogP contribution in [0, 0.1) is 0 Å². The van der Waals surface area contributed by atoms with Gasteiger partial charge in [0.05, 0.1) is 19.8 Å². The minimum absolute atomic E-state index is 0.349. The summed E-state index contributed by atoms with van der Waals surface area (Å²) in [7, 11) is 1.65. The lowest BCUT2D eigenvalue weighted by atomic mass is 10.3. The quantitative estimate of drug-likeness (QED) is 0.591. The fraction of sp³-hybridized carbons (Fsp3) is 0.900. The van der Waals surface area contributed by atoms with E-state index in [1.54, 1.807) is 14.0 Å². The van der Waals surface area contributed by atoms with Crippen molar-refractivity contribution in [3.05, 3.63) is 0 Å². The highest BCUT2D eigenvalue weighted by Gasteiger charge is 1.97. The molecule has 0 radical (unpaired) electrons. The van der Waals surface area contributed by atoms with E-state index in [1.807, 2.05) is 0 Å². The van der Waals surface area contributed by atoms with E-state index < -0.39 is 0 Å². The first-order valence-electron chi connectivity index (χ1n) is 5.28. The average Bonchev–Trinajstić information content (AvgIpc) is 2.22. The molecule has 0 aromatic rings. The molecule has 1 N–H and O–H groups in total. The molecule has 5 nitrogen and oxygen atoms in total. The predicted molar refractivity (Wildman–Crippen MR) is 57.0 cm³/mol. The van der Waals surface area contributed by atoms with Gasteiger partial charge in [0.15, 0.2) is 0 Å². The molecule has 0 spiro atoms. The van der Waals surface area contributed by atoms with Crippen molar-refractivity contribution in [3.8, 4) is 0 Å². The fourth-order valence-corrected chi connectivity index (χ4v) is 0.946. The van der Waals surface area contributed by atoms with Gasteiger partial charge in [0, 0.05) is 20.3 Å². The zero-order valence-electron chi connectivity index (χ0n) is 9.58. The Hall–Kier alpha value is -0.810. The third kappa shape index (κ3) is 11.1. The van der Waals surface area contributed by atoms with E-state index >= 15 is 0 Å². The molecule has 0 saturated carbocycles. The first-order chi connectivity index (χ1) is 7.31. The monoisotopic (exact) mass is 219 g/mol. The van der Waals surface area contributed by atoms with Gasteiger partial charge < -0.3 is 19.5 Å². The van der Waals surface area contributed by atoms with Crippen LogP contribution in [0.25, 0.3) is 0 Å². The molecule has 0 saturated heterocycles. The molecule has 0 atom stereocenters. The summed E-state index contributed by atoms with van der Waals surface area (Å²) < 4.78 is 14.8. The zero-order chi connectivity index (χ0) is 11.4.